The Hall–Kier alpha value is -1.58. The van der Waals surface area contributed by atoms with Gasteiger partial charge in [-0.2, -0.15) is 0 Å². The third kappa shape index (κ3) is 3.45. The van der Waals surface area contributed by atoms with Crippen molar-refractivity contribution in [2.24, 2.45) is 0 Å². The summed E-state index contributed by atoms with van der Waals surface area (Å²) in [4.78, 5) is 17.6. The van der Waals surface area contributed by atoms with E-state index >= 15 is 0 Å². The van der Waals surface area contributed by atoms with Crippen molar-refractivity contribution in [2.75, 3.05) is 18.5 Å². The van der Waals surface area contributed by atoms with Crippen molar-refractivity contribution >= 4 is 11.7 Å². The molecule has 1 rings (SSSR count). The van der Waals surface area contributed by atoms with Crippen molar-refractivity contribution in [1.29, 1.82) is 0 Å². The number of aryl methyl sites for hydroxylation is 2. The molecule has 0 aliphatic rings. The highest BCUT2D eigenvalue weighted by molar-refractivity contribution is 5.95. The number of carboxylic acid groups (broad SMARTS) is 1. The average Bonchev–Trinajstić information content (AvgIpc) is 2.27. The van der Waals surface area contributed by atoms with Gasteiger partial charge in [-0.05, 0) is 26.3 Å². The van der Waals surface area contributed by atoms with Crippen LogP contribution in [0.2, 0.25) is 0 Å². The van der Waals surface area contributed by atoms with Crippen LogP contribution >= 0.6 is 0 Å². The topological polar surface area (TPSA) is 53.4 Å². The first-order valence-electron chi connectivity index (χ1n) is 6.40. The molecule has 0 aliphatic heterocycles. The molecule has 100 valence electrons. The van der Waals surface area contributed by atoms with E-state index < -0.39 is 5.97 Å². The Bertz CT molecular complexity index is 430. The molecule has 1 heterocycles. The van der Waals surface area contributed by atoms with Crippen LogP contribution < -0.4 is 4.90 Å². The second-order valence-electron chi connectivity index (χ2n) is 4.68. The summed E-state index contributed by atoms with van der Waals surface area (Å²) in [5, 5.41) is 9.29. The van der Waals surface area contributed by atoms with Crippen LogP contribution in [0.1, 0.15) is 47.9 Å². The normalized spacial score (nSPS) is 10.4. The number of anilines is 1. The van der Waals surface area contributed by atoms with Crippen molar-refractivity contribution < 1.29 is 9.90 Å². The fourth-order valence-corrected chi connectivity index (χ4v) is 2.09. The van der Waals surface area contributed by atoms with Crippen LogP contribution in [0.25, 0.3) is 0 Å². The lowest BCUT2D eigenvalue weighted by Crippen LogP contribution is -2.22. The van der Waals surface area contributed by atoms with Crippen molar-refractivity contribution in [2.45, 2.75) is 40.0 Å². The van der Waals surface area contributed by atoms with Gasteiger partial charge in [0, 0.05) is 19.3 Å². The number of nitrogens with zero attached hydrogens (tertiary/aromatic N) is 2. The second kappa shape index (κ2) is 6.38. The first-order valence-corrected chi connectivity index (χ1v) is 6.40. The largest absolute Gasteiger partial charge is 0.478 e. The van der Waals surface area contributed by atoms with Crippen LogP contribution in [0.5, 0.6) is 0 Å². The second-order valence-corrected chi connectivity index (χ2v) is 4.68. The number of carboxylic acids is 1. The van der Waals surface area contributed by atoms with Crippen molar-refractivity contribution in [1.82, 2.24) is 4.98 Å². The van der Waals surface area contributed by atoms with Crippen LogP contribution in [-0.2, 0) is 0 Å². The highest BCUT2D eigenvalue weighted by Gasteiger charge is 2.17. The van der Waals surface area contributed by atoms with Gasteiger partial charge in [0.25, 0.3) is 0 Å². The molecule has 0 fully saturated rings. The van der Waals surface area contributed by atoms with Gasteiger partial charge in [-0.15, -0.1) is 0 Å². The molecule has 1 aromatic rings. The maximum Gasteiger partial charge on any atom is 0.339 e. The number of hydrogen-bond acceptors (Lipinski definition) is 3. The van der Waals surface area contributed by atoms with E-state index in [1.54, 1.807) is 6.92 Å². The van der Waals surface area contributed by atoms with Crippen molar-refractivity contribution in [3.63, 3.8) is 0 Å². The third-order valence-electron chi connectivity index (χ3n) is 3.03. The van der Waals surface area contributed by atoms with Gasteiger partial charge in [-0.3, -0.25) is 4.98 Å². The molecule has 0 saturated heterocycles. The maximum atomic E-state index is 11.3. The van der Waals surface area contributed by atoms with E-state index in [4.69, 9.17) is 0 Å². The number of unbranched alkanes of at least 4 members (excludes halogenated alkanes) is 2. The Kier molecular flexibility index (Phi) is 5.13. The Morgan fingerprint density at radius 2 is 2.06 bits per heavy atom. The molecular weight excluding hydrogens is 228 g/mol. The Morgan fingerprint density at radius 3 is 2.61 bits per heavy atom. The number of hydrogen-bond donors (Lipinski definition) is 1. The fraction of sp³-hybridized carbons (Fsp3) is 0.571. The van der Waals surface area contributed by atoms with E-state index in [0.717, 1.165) is 37.2 Å². The van der Waals surface area contributed by atoms with Crippen molar-refractivity contribution in [3.05, 3.63) is 23.0 Å². The lowest BCUT2D eigenvalue weighted by Gasteiger charge is -2.22. The zero-order chi connectivity index (χ0) is 13.7. The summed E-state index contributed by atoms with van der Waals surface area (Å²) >= 11 is 0. The molecule has 0 bridgehead atoms. The molecule has 4 nitrogen and oxygen atoms in total. The van der Waals surface area contributed by atoms with Gasteiger partial charge in [0.1, 0.15) is 5.56 Å². The Balaban J connectivity index is 3.02. The number of pyridine rings is 1. The van der Waals surface area contributed by atoms with E-state index in [1.807, 2.05) is 24.9 Å². The predicted octanol–water partition coefficient (Wildman–Crippen LogP) is 3.02. The molecule has 1 aromatic heterocycles. The number of aromatic carboxylic acids is 1. The zero-order valence-electron chi connectivity index (χ0n) is 11.7. The minimum atomic E-state index is -0.905. The maximum absolute atomic E-state index is 11.3. The third-order valence-corrected chi connectivity index (χ3v) is 3.03. The zero-order valence-corrected chi connectivity index (χ0v) is 11.7. The summed E-state index contributed by atoms with van der Waals surface area (Å²) in [5.41, 5.74) is 2.53. The van der Waals surface area contributed by atoms with Gasteiger partial charge < -0.3 is 10.0 Å². The van der Waals surface area contributed by atoms with Crippen molar-refractivity contribution in [3.8, 4) is 0 Å². The van der Waals surface area contributed by atoms with Gasteiger partial charge in [0.2, 0.25) is 0 Å². The van der Waals surface area contributed by atoms with Crippen LogP contribution in [0, 0.1) is 13.8 Å². The number of aromatic nitrogens is 1. The van der Waals surface area contributed by atoms with Crippen LogP contribution in [0.4, 0.5) is 5.69 Å². The molecule has 18 heavy (non-hydrogen) atoms. The molecule has 0 saturated carbocycles. The lowest BCUT2D eigenvalue weighted by molar-refractivity contribution is 0.0696. The summed E-state index contributed by atoms with van der Waals surface area (Å²) in [7, 11) is 1.94. The number of rotatable bonds is 6. The highest BCUT2D eigenvalue weighted by atomic mass is 16.4. The molecule has 1 N–H and O–H groups in total. The summed E-state index contributed by atoms with van der Waals surface area (Å²) < 4.78 is 0. The summed E-state index contributed by atoms with van der Waals surface area (Å²) in [6.07, 6.45) is 3.40. The Labute approximate surface area is 109 Å². The lowest BCUT2D eigenvalue weighted by atomic mass is 10.1. The van der Waals surface area contributed by atoms with Gasteiger partial charge >= 0.3 is 5.97 Å². The van der Waals surface area contributed by atoms with E-state index in [9.17, 15) is 9.90 Å². The van der Waals surface area contributed by atoms with Gasteiger partial charge in [0.05, 0.1) is 11.4 Å². The van der Waals surface area contributed by atoms with Crippen LogP contribution in [0.3, 0.4) is 0 Å². The SMILES string of the molecule is CCCCCN(C)c1cc(C)nc(C)c1C(=O)O. The monoisotopic (exact) mass is 250 g/mol. The van der Waals surface area contributed by atoms with E-state index in [1.165, 1.54) is 0 Å². The first-order chi connectivity index (χ1) is 8.47. The van der Waals surface area contributed by atoms with E-state index in [-0.39, 0.29) is 0 Å². The molecule has 0 aromatic carbocycles. The molecule has 0 radical (unpaired) electrons. The van der Waals surface area contributed by atoms with Crippen LogP contribution in [-0.4, -0.2) is 29.7 Å². The summed E-state index contributed by atoms with van der Waals surface area (Å²) in [5.74, 6) is -0.905. The van der Waals surface area contributed by atoms with Gasteiger partial charge in [-0.1, -0.05) is 19.8 Å². The predicted molar refractivity (Wildman–Crippen MR) is 73.5 cm³/mol. The highest BCUT2D eigenvalue weighted by Crippen LogP contribution is 2.23. The molecular formula is C14H22N2O2. The van der Waals surface area contributed by atoms with E-state index in [2.05, 4.69) is 11.9 Å². The quantitative estimate of drug-likeness (QED) is 0.788. The standard InChI is InChI=1S/C14H22N2O2/c1-5-6-7-8-16(4)12-9-10(2)15-11(3)13(12)14(17)18/h9H,5-8H2,1-4H3,(H,17,18). The minimum Gasteiger partial charge on any atom is -0.478 e. The minimum absolute atomic E-state index is 0.319. The molecule has 0 amide bonds. The number of carbonyl (C=O) groups is 1. The molecule has 4 heteroatoms. The first kappa shape index (κ1) is 14.5. The molecule has 0 unspecified atom stereocenters. The summed E-state index contributed by atoms with van der Waals surface area (Å²) in [6, 6.07) is 1.85. The smallest absolute Gasteiger partial charge is 0.339 e. The molecule has 0 atom stereocenters. The van der Waals surface area contributed by atoms with E-state index in [0.29, 0.717) is 11.3 Å². The average molecular weight is 250 g/mol. The molecule has 0 spiro atoms. The fourth-order valence-electron chi connectivity index (χ4n) is 2.09. The van der Waals surface area contributed by atoms with Crippen LogP contribution in [0.15, 0.2) is 6.07 Å². The summed E-state index contributed by atoms with van der Waals surface area (Å²) in [6.45, 7) is 6.67. The van der Waals surface area contributed by atoms with Gasteiger partial charge in [0.15, 0.2) is 0 Å². The van der Waals surface area contributed by atoms with Gasteiger partial charge in [-0.25, -0.2) is 4.79 Å². The Morgan fingerprint density at radius 1 is 1.39 bits per heavy atom. The molecule has 0 aliphatic carbocycles.